The van der Waals surface area contributed by atoms with Gasteiger partial charge in [0.15, 0.2) is 0 Å². The minimum absolute atomic E-state index is 0.662. The predicted octanol–water partition coefficient (Wildman–Crippen LogP) is 0.571. The number of aromatic nitrogens is 2. The molecule has 4 nitrogen and oxygen atoms in total. The summed E-state index contributed by atoms with van der Waals surface area (Å²) in [5, 5.41) is 7.25. The van der Waals surface area contributed by atoms with E-state index >= 15 is 0 Å². The molecule has 0 bridgehead atoms. The highest BCUT2D eigenvalue weighted by Gasteiger charge is 2.18. The van der Waals surface area contributed by atoms with Crippen molar-refractivity contribution in [2.75, 3.05) is 25.6 Å². The van der Waals surface area contributed by atoms with Crippen LogP contribution in [0.3, 0.4) is 0 Å². The lowest BCUT2D eigenvalue weighted by molar-refractivity contribution is -0.0408. The van der Waals surface area contributed by atoms with Gasteiger partial charge in [-0.3, -0.25) is 4.68 Å². The number of nitrogens with zero attached hydrogens (tertiary/aromatic N) is 2. The maximum absolute atomic E-state index is 5.08. The molecule has 0 aromatic carbocycles. The topological polar surface area (TPSA) is 39.1 Å². The molecule has 0 unspecified atom stereocenters. The lowest BCUT2D eigenvalue weighted by Crippen LogP contribution is -2.31. The van der Waals surface area contributed by atoms with Gasteiger partial charge in [-0.2, -0.15) is 5.10 Å². The quantitative estimate of drug-likeness (QED) is 0.715. The Labute approximate surface area is 71.5 Å². The monoisotopic (exact) mass is 167 g/mol. The van der Waals surface area contributed by atoms with Crippen molar-refractivity contribution in [2.24, 2.45) is 5.92 Å². The average molecular weight is 167 g/mol. The lowest BCUT2D eigenvalue weighted by Gasteiger charge is -2.25. The van der Waals surface area contributed by atoms with Gasteiger partial charge in [0.2, 0.25) is 0 Å². The van der Waals surface area contributed by atoms with E-state index in [0.717, 1.165) is 25.4 Å². The summed E-state index contributed by atoms with van der Waals surface area (Å²) in [7, 11) is 1.90. The highest BCUT2D eigenvalue weighted by atomic mass is 16.5. The number of nitrogens with one attached hydrogen (secondary N) is 1. The molecule has 0 aliphatic carbocycles. The van der Waals surface area contributed by atoms with E-state index in [-0.39, 0.29) is 0 Å². The van der Waals surface area contributed by atoms with Crippen molar-refractivity contribution >= 4 is 5.69 Å². The van der Waals surface area contributed by atoms with Gasteiger partial charge in [0.05, 0.1) is 25.1 Å². The van der Waals surface area contributed by atoms with Crippen LogP contribution in [0, 0.1) is 5.92 Å². The van der Waals surface area contributed by atoms with Crippen LogP contribution in [0.25, 0.3) is 0 Å². The molecule has 0 spiro atoms. The summed E-state index contributed by atoms with van der Waals surface area (Å²) < 4.78 is 7.04. The second-order valence-electron chi connectivity index (χ2n) is 3.10. The van der Waals surface area contributed by atoms with Gasteiger partial charge in [-0.25, -0.2) is 0 Å². The van der Waals surface area contributed by atoms with Crippen molar-refractivity contribution < 1.29 is 4.74 Å². The molecule has 1 aliphatic rings. The van der Waals surface area contributed by atoms with Crippen molar-refractivity contribution in [1.82, 2.24) is 9.78 Å². The number of rotatable bonds is 3. The van der Waals surface area contributed by atoms with Crippen molar-refractivity contribution in [1.29, 1.82) is 0 Å². The van der Waals surface area contributed by atoms with Crippen molar-refractivity contribution in [2.45, 2.75) is 6.54 Å². The zero-order valence-corrected chi connectivity index (χ0v) is 7.16. The largest absolute Gasteiger partial charge is 0.386 e. The lowest BCUT2D eigenvalue weighted by atomic mass is 10.1. The Morgan fingerprint density at radius 1 is 1.75 bits per heavy atom. The molecule has 2 heterocycles. The van der Waals surface area contributed by atoms with Crippen LogP contribution in [-0.4, -0.2) is 30.0 Å². The van der Waals surface area contributed by atoms with E-state index in [1.165, 1.54) is 0 Å². The van der Waals surface area contributed by atoms with Crippen LogP contribution >= 0.6 is 0 Å². The Kier molecular flexibility index (Phi) is 1.99. The molecule has 4 heteroatoms. The minimum Gasteiger partial charge on any atom is -0.386 e. The molecule has 66 valence electrons. The first-order valence-electron chi connectivity index (χ1n) is 4.16. The standard InChI is InChI=1S/C8H13N3O/c1-9-8-2-10-11(4-8)3-7-5-12-6-7/h2,4,7,9H,3,5-6H2,1H3. The third-order valence-corrected chi connectivity index (χ3v) is 2.07. The first-order valence-corrected chi connectivity index (χ1v) is 4.16. The third-order valence-electron chi connectivity index (χ3n) is 2.07. The number of anilines is 1. The van der Waals surface area contributed by atoms with Crippen molar-refractivity contribution in [3.63, 3.8) is 0 Å². The second kappa shape index (κ2) is 3.15. The van der Waals surface area contributed by atoms with Gasteiger partial charge in [-0.1, -0.05) is 0 Å². The zero-order chi connectivity index (χ0) is 8.39. The molecular formula is C8H13N3O. The first-order chi connectivity index (χ1) is 5.88. The summed E-state index contributed by atoms with van der Waals surface area (Å²) in [4.78, 5) is 0. The van der Waals surface area contributed by atoms with Gasteiger partial charge in [0, 0.05) is 25.7 Å². The summed E-state index contributed by atoms with van der Waals surface area (Å²) in [6.07, 6.45) is 3.85. The maximum atomic E-state index is 5.08. The minimum atomic E-state index is 0.662. The molecule has 1 N–H and O–H groups in total. The Balaban J connectivity index is 1.93. The van der Waals surface area contributed by atoms with Gasteiger partial charge in [-0.15, -0.1) is 0 Å². The van der Waals surface area contributed by atoms with Gasteiger partial charge in [0.1, 0.15) is 0 Å². The van der Waals surface area contributed by atoms with Crippen LogP contribution in [0.5, 0.6) is 0 Å². The molecule has 1 fully saturated rings. The van der Waals surface area contributed by atoms with E-state index in [1.807, 2.05) is 24.1 Å². The molecule has 0 radical (unpaired) electrons. The highest BCUT2D eigenvalue weighted by molar-refractivity contribution is 5.36. The van der Waals surface area contributed by atoms with Crippen molar-refractivity contribution in [3.05, 3.63) is 12.4 Å². The molecule has 1 aromatic rings. The van der Waals surface area contributed by atoms with E-state index in [9.17, 15) is 0 Å². The Morgan fingerprint density at radius 2 is 2.58 bits per heavy atom. The maximum Gasteiger partial charge on any atom is 0.0723 e. The molecular weight excluding hydrogens is 154 g/mol. The van der Waals surface area contributed by atoms with Gasteiger partial charge < -0.3 is 10.1 Å². The predicted molar refractivity (Wildman–Crippen MR) is 46.1 cm³/mol. The molecule has 1 aromatic heterocycles. The Bertz CT molecular complexity index is 255. The molecule has 12 heavy (non-hydrogen) atoms. The average Bonchev–Trinajstić information content (AvgIpc) is 2.44. The van der Waals surface area contributed by atoms with E-state index in [1.54, 1.807) is 0 Å². The third kappa shape index (κ3) is 1.43. The number of hydrogen-bond donors (Lipinski definition) is 1. The first kappa shape index (κ1) is 7.61. The smallest absolute Gasteiger partial charge is 0.0723 e. The van der Waals surface area contributed by atoms with Gasteiger partial charge in [0.25, 0.3) is 0 Å². The van der Waals surface area contributed by atoms with Crippen molar-refractivity contribution in [3.8, 4) is 0 Å². The fourth-order valence-electron chi connectivity index (χ4n) is 1.25. The molecule has 1 aliphatic heterocycles. The zero-order valence-electron chi connectivity index (χ0n) is 7.16. The second-order valence-corrected chi connectivity index (χ2v) is 3.10. The van der Waals surface area contributed by atoms with Crippen LogP contribution in [0.15, 0.2) is 12.4 Å². The molecule has 0 saturated carbocycles. The van der Waals surface area contributed by atoms with E-state index < -0.39 is 0 Å². The van der Waals surface area contributed by atoms with Crippen LogP contribution in [0.2, 0.25) is 0 Å². The number of hydrogen-bond acceptors (Lipinski definition) is 3. The molecule has 0 amide bonds. The van der Waals surface area contributed by atoms with Gasteiger partial charge >= 0.3 is 0 Å². The van der Waals surface area contributed by atoms with Crippen LogP contribution < -0.4 is 5.32 Å². The summed E-state index contributed by atoms with van der Waals surface area (Å²) in [6.45, 7) is 2.74. The van der Waals surface area contributed by atoms with E-state index in [0.29, 0.717) is 5.92 Å². The normalized spacial score (nSPS) is 17.4. The molecule has 1 saturated heterocycles. The molecule has 2 rings (SSSR count). The summed E-state index contributed by atoms with van der Waals surface area (Å²) in [5.41, 5.74) is 1.07. The highest BCUT2D eigenvalue weighted by Crippen LogP contribution is 2.13. The summed E-state index contributed by atoms with van der Waals surface area (Å²) >= 11 is 0. The van der Waals surface area contributed by atoms with Crippen LogP contribution in [0.1, 0.15) is 0 Å². The Hall–Kier alpha value is -1.03. The van der Waals surface area contributed by atoms with Crippen LogP contribution in [-0.2, 0) is 11.3 Å². The number of ether oxygens (including phenoxy) is 1. The SMILES string of the molecule is CNc1cnn(CC2COC2)c1. The van der Waals surface area contributed by atoms with E-state index in [2.05, 4.69) is 10.4 Å². The summed E-state index contributed by atoms with van der Waals surface area (Å²) in [5.74, 6) is 0.662. The Morgan fingerprint density at radius 3 is 3.08 bits per heavy atom. The fourth-order valence-corrected chi connectivity index (χ4v) is 1.25. The van der Waals surface area contributed by atoms with Gasteiger partial charge in [-0.05, 0) is 0 Å². The summed E-state index contributed by atoms with van der Waals surface area (Å²) in [6, 6.07) is 0. The van der Waals surface area contributed by atoms with Crippen LogP contribution in [0.4, 0.5) is 5.69 Å². The molecule has 0 atom stereocenters. The fraction of sp³-hybridized carbons (Fsp3) is 0.625. The van der Waals surface area contributed by atoms with E-state index in [4.69, 9.17) is 4.74 Å².